The predicted molar refractivity (Wildman–Crippen MR) is 95.4 cm³/mol. The van der Waals surface area contributed by atoms with Crippen molar-refractivity contribution in [1.29, 1.82) is 0 Å². The summed E-state index contributed by atoms with van der Waals surface area (Å²) in [6.07, 6.45) is 4.09. The second-order valence-electron chi connectivity index (χ2n) is 5.90. The summed E-state index contributed by atoms with van der Waals surface area (Å²) < 4.78 is 5.16. The zero-order valence-corrected chi connectivity index (χ0v) is 14.8. The lowest BCUT2D eigenvalue weighted by Crippen LogP contribution is -2.30. The minimum absolute atomic E-state index is 0.120. The third-order valence-electron chi connectivity index (χ3n) is 4.22. The van der Waals surface area contributed by atoms with Crippen LogP contribution in [0.3, 0.4) is 0 Å². The molecule has 0 bridgehead atoms. The van der Waals surface area contributed by atoms with Crippen LogP contribution < -0.4 is 5.32 Å². The number of hydrogen-bond acceptors (Lipinski definition) is 5. The molecule has 2 aliphatic rings. The van der Waals surface area contributed by atoms with Crippen LogP contribution in [0.25, 0.3) is 0 Å². The Hall–Kier alpha value is -2.01. The molecule has 1 aromatic rings. The Labute approximate surface area is 146 Å². The van der Waals surface area contributed by atoms with E-state index in [0.29, 0.717) is 10.5 Å². The van der Waals surface area contributed by atoms with Gasteiger partial charge in [-0.15, -0.1) is 0 Å². The molecule has 1 aliphatic carbocycles. The Kier molecular flexibility index (Phi) is 5.09. The molecular formula is C19H21NO3S. The van der Waals surface area contributed by atoms with E-state index in [0.717, 1.165) is 36.9 Å². The van der Waals surface area contributed by atoms with E-state index in [9.17, 15) is 9.59 Å². The number of benzene rings is 1. The Morgan fingerprint density at radius 3 is 2.71 bits per heavy atom. The highest BCUT2D eigenvalue weighted by Crippen LogP contribution is 2.42. The molecule has 0 unspecified atom stereocenters. The first kappa shape index (κ1) is 16.8. The molecule has 1 N–H and O–H groups in total. The van der Waals surface area contributed by atoms with Crippen LogP contribution in [0.4, 0.5) is 0 Å². The van der Waals surface area contributed by atoms with Crippen LogP contribution in [-0.4, -0.2) is 18.4 Å². The van der Waals surface area contributed by atoms with Gasteiger partial charge in [-0.3, -0.25) is 4.79 Å². The first-order valence-electron chi connectivity index (χ1n) is 8.30. The van der Waals surface area contributed by atoms with Crippen molar-refractivity contribution in [2.75, 3.05) is 6.61 Å². The molecule has 126 valence electrons. The number of carbonyl (C=O) groups excluding carboxylic acids is 2. The second kappa shape index (κ2) is 7.26. The SMILES string of the molecule is CCOC(=O)C1=C(C(=O)c2ccccc2C)SC2=C(CCCC2)N1. The van der Waals surface area contributed by atoms with Crippen molar-refractivity contribution >= 4 is 23.5 Å². The van der Waals surface area contributed by atoms with Gasteiger partial charge in [0.05, 0.1) is 11.5 Å². The summed E-state index contributed by atoms with van der Waals surface area (Å²) in [5.74, 6) is -0.579. The third kappa shape index (κ3) is 3.26. The monoisotopic (exact) mass is 343 g/mol. The molecule has 24 heavy (non-hydrogen) atoms. The summed E-state index contributed by atoms with van der Waals surface area (Å²) in [4.78, 5) is 27.1. The van der Waals surface area contributed by atoms with E-state index in [4.69, 9.17) is 4.74 Å². The van der Waals surface area contributed by atoms with E-state index in [2.05, 4.69) is 5.32 Å². The average Bonchev–Trinajstić information content (AvgIpc) is 2.60. The summed E-state index contributed by atoms with van der Waals surface area (Å²) in [6, 6.07) is 7.46. The highest BCUT2D eigenvalue weighted by molar-refractivity contribution is 8.07. The molecular weight excluding hydrogens is 322 g/mol. The Morgan fingerprint density at radius 2 is 1.96 bits per heavy atom. The molecule has 0 aromatic heterocycles. The molecule has 0 radical (unpaired) electrons. The van der Waals surface area contributed by atoms with E-state index in [-0.39, 0.29) is 18.1 Å². The number of hydrogen-bond donors (Lipinski definition) is 1. The quantitative estimate of drug-likeness (QED) is 0.659. The number of ketones is 1. The lowest BCUT2D eigenvalue weighted by atomic mass is 10.0. The highest BCUT2D eigenvalue weighted by atomic mass is 32.2. The summed E-state index contributed by atoms with van der Waals surface area (Å²) >= 11 is 1.44. The van der Waals surface area contributed by atoms with Crippen LogP contribution in [0.2, 0.25) is 0 Å². The predicted octanol–water partition coefficient (Wildman–Crippen LogP) is 4.07. The van der Waals surface area contributed by atoms with Gasteiger partial charge in [-0.2, -0.15) is 0 Å². The second-order valence-corrected chi connectivity index (χ2v) is 7.01. The maximum atomic E-state index is 13.1. The highest BCUT2D eigenvalue weighted by Gasteiger charge is 2.32. The maximum absolute atomic E-state index is 13.1. The number of Topliss-reactive ketones (excluding diaryl/α,β-unsaturated/α-hetero) is 1. The van der Waals surface area contributed by atoms with Crippen molar-refractivity contribution in [2.24, 2.45) is 0 Å². The molecule has 0 fully saturated rings. The van der Waals surface area contributed by atoms with E-state index < -0.39 is 5.97 Å². The lowest BCUT2D eigenvalue weighted by molar-refractivity contribution is -0.138. The van der Waals surface area contributed by atoms with Crippen LogP contribution in [0.1, 0.15) is 48.5 Å². The van der Waals surface area contributed by atoms with Crippen LogP contribution in [0.5, 0.6) is 0 Å². The van der Waals surface area contributed by atoms with Gasteiger partial charge in [-0.1, -0.05) is 36.0 Å². The Bertz CT molecular complexity index is 749. The van der Waals surface area contributed by atoms with E-state index in [1.54, 1.807) is 13.0 Å². The van der Waals surface area contributed by atoms with Gasteiger partial charge in [0.25, 0.3) is 0 Å². The fourth-order valence-electron chi connectivity index (χ4n) is 2.96. The summed E-state index contributed by atoms with van der Waals surface area (Å²) in [5.41, 5.74) is 2.89. The van der Waals surface area contributed by atoms with Gasteiger partial charge in [0.2, 0.25) is 5.78 Å². The summed E-state index contributed by atoms with van der Waals surface area (Å²) in [5, 5.41) is 3.20. The van der Waals surface area contributed by atoms with Crippen molar-refractivity contribution in [3.05, 3.63) is 56.6 Å². The molecule has 0 atom stereocenters. The van der Waals surface area contributed by atoms with Gasteiger partial charge in [0.1, 0.15) is 5.70 Å². The molecule has 0 saturated carbocycles. The first-order chi connectivity index (χ1) is 11.6. The summed E-state index contributed by atoms with van der Waals surface area (Å²) in [7, 11) is 0. The number of allylic oxidation sites excluding steroid dienone is 3. The van der Waals surface area contributed by atoms with Crippen molar-refractivity contribution in [3.8, 4) is 0 Å². The number of carbonyl (C=O) groups is 2. The van der Waals surface area contributed by atoms with E-state index in [1.165, 1.54) is 16.7 Å². The topological polar surface area (TPSA) is 55.4 Å². The minimum atomic E-state index is -0.459. The molecule has 1 aromatic carbocycles. The third-order valence-corrected chi connectivity index (χ3v) is 5.51. The Balaban J connectivity index is 2.00. The van der Waals surface area contributed by atoms with Crippen LogP contribution in [0.15, 0.2) is 45.5 Å². The zero-order valence-electron chi connectivity index (χ0n) is 14.0. The molecule has 4 nitrogen and oxygen atoms in total. The van der Waals surface area contributed by atoms with Crippen LogP contribution in [0, 0.1) is 6.92 Å². The van der Waals surface area contributed by atoms with Crippen LogP contribution >= 0.6 is 11.8 Å². The largest absolute Gasteiger partial charge is 0.461 e. The first-order valence-corrected chi connectivity index (χ1v) is 9.12. The summed E-state index contributed by atoms with van der Waals surface area (Å²) in [6.45, 7) is 3.96. The van der Waals surface area contributed by atoms with Gasteiger partial charge in [-0.25, -0.2) is 4.79 Å². The molecule has 0 amide bonds. The van der Waals surface area contributed by atoms with Gasteiger partial charge >= 0.3 is 5.97 Å². The number of rotatable bonds is 4. The average molecular weight is 343 g/mol. The van der Waals surface area contributed by atoms with Crippen molar-refractivity contribution in [1.82, 2.24) is 5.32 Å². The van der Waals surface area contributed by atoms with Crippen molar-refractivity contribution in [3.63, 3.8) is 0 Å². The minimum Gasteiger partial charge on any atom is -0.461 e. The smallest absolute Gasteiger partial charge is 0.356 e. The molecule has 1 heterocycles. The zero-order chi connectivity index (χ0) is 17.1. The van der Waals surface area contributed by atoms with Crippen LogP contribution in [-0.2, 0) is 9.53 Å². The molecule has 3 rings (SSSR count). The van der Waals surface area contributed by atoms with Gasteiger partial charge in [0.15, 0.2) is 0 Å². The maximum Gasteiger partial charge on any atom is 0.356 e. The number of thioether (sulfide) groups is 1. The number of nitrogens with one attached hydrogen (secondary N) is 1. The molecule has 5 heteroatoms. The van der Waals surface area contributed by atoms with Gasteiger partial charge in [0, 0.05) is 16.2 Å². The molecule has 0 saturated heterocycles. The fraction of sp³-hybridized carbons (Fsp3) is 0.368. The van der Waals surface area contributed by atoms with Crippen molar-refractivity contribution < 1.29 is 14.3 Å². The number of esters is 1. The lowest BCUT2D eigenvalue weighted by Gasteiger charge is -2.28. The van der Waals surface area contributed by atoms with Crippen molar-refractivity contribution in [2.45, 2.75) is 39.5 Å². The fourth-order valence-corrected chi connectivity index (χ4v) is 4.17. The van der Waals surface area contributed by atoms with Gasteiger partial charge in [-0.05, 0) is 45.1 Å². The molecule has 1 aliphatic heterocycles. The number of aryl methyl sites for hydroxylation is 1. The van der Waals surface area contributed by atoms with E-state index in [1.807, 2.05) is 25.1 Å². The number of ether oxygens (including phenoxy) is 1. The normalized spacial score (nSPS) is 17.2. The Morgan fingerprint density at radius 1 is 1.21 bits per heavy atom. The van der Waals surface area contributed by atoms with E-state index >= 15 is 0 Å². The molecule has 0 spiro atoms. The van der Waals surface area contributed by atoms with Gasteiger partial charge < -0.3 is 10.1 Å². The standard InChI is InChI=1S/C19H21NO3S/c1-3-23-19(22)16-18(17(21)13-9-5-4-8-12(13)2)24-15-11-7-6-10-14(15)20-16/h4-5,8-9,20H,3,6-7,10-11H2,1-2H3.